The Bertz CT molecular complexity index is 1230. The molecule has 5 atom stereocenters. The van der Waals surface area contributed by atoms with E-state index in [1.165, 1.54) is 11.1 Å². The minimum absolute atomic E-state index is 0.114. The quantitative estimate of drug-likeness (QED) is 0.593. The molecule has 5 nitrogen and oxygen atoms in total. The number of benzene rings is 2. The fraction of sp³-hybridized carbons (Fsp3) is 0.423. The lowest BCUT2D eigenvalue weighted by molar-refractivity contribution is -0.165. The summed E-state index contributed by atoms with van der Waals surface area (Å²) in [6.45, 7) is 0.971. The van der Waals surface area contributed by atoms with Gasteiger partial charge in [-0.05, 0) is 62.5 Å². The molecule has 32 heavy (non-hydrogen) atoms. The van der Waals surface area contributed by atoms with Crippen molar-refractivity contribution in [2.75, 3.05) is 13.6 Å². The Hall–Kier alpha value is -2.28. The molecular formula is C26H27N3O2S. The zero-order chi connectivity index (χ0) is 21.7. The highest BCUT2D eigenvalue weighted by molar-refractivity contribution is 8.00. The fourth-order valence-electron chi connectivity index (χ4n) is 7.15. The molecule has 4 aliphatic rings. The molecule has 164 valence electrons. The molecule has 2 unspecified atom stereocenters. The topological polar surface area (TPSA) is 61.5 Å². The molecule has 0 radical (unpaired) electrons. The first-order chi connectivity index (χ1) is 15.5. The van der Waals surface area contributed by atoms with Crippen molar-refractivity contribution in [1.29, 1.82) is 0 Å². The zero-order valence-corrected chi connectivity index (χ0v) is 18.9. The number of phenolic OH excluding ortho intramolecular Hbond substituents is 1. The highest BCUT2D eigenvalue weighted by Crippen LogP contribution is 2.64. The van der Waals surface area contributed by atoms with E-state index in [1.54, 1.807) is 6.07 Å². The van der Waals surface area contributed by atoms with Gasteiger partial charge in [0.05, 0.1) is 11.3 Å². The molecule has 3 heterocycles. The summed E-state index contributed by atoms with van der Waals surface area (Å²) in [6, 6.07) is 16.6. The van der Waals surface area contributed by atoms with E-state index in [1.807, 2.05) is 23.9 Å². The number of aromatic nitrogens is 2. The Morgan fingerprint density at radius 3 is 2.81 bits per heavy atom. The van der Waals surface area contributed by atoms with Crippen molar-refractivity contribution in [3.05, 3.63) is 65.9 Å². The number of fused-ring (bicyclic) bond motifs is 4. The van der Waals surface area contributed by atoms with Gasteiger partial charge in [0.2, 0.25) is 0 Å². The summed E-state index contributed by atoms with van der Waals surface area (Å²) >= 11 is 1.83. The number of likely N-dealkylation sites (N-methyl/N-ethyl adjacent to an activating group) is 1. The van der Waals surface area contributed by atoms with Crippen LogP contribution in [0.5, 0.6) is 5.75 Å². The number of phenols is 1. The van der Waals surface area contributed by atoms with Gasteiger partial charge >= 0.3 is 0 Å². The maximum Gasteiger partial charge on any atom is 0.169 e. The van der Waals surface area contributed by atoms with Gasteiger partial charge in [-0.1, -0.05) is 48.2 Å². The first-order valence-electron chi connectivity index (χ1n) is 11.5. The Morgan fingerprint density at radius 1 is 1.12 bits per heavy atom. The molecule has 1 saturated heterocycles. The number of piperidine rings is 1. The van der Waals surface area contributed by atoms with Crippen LogP contribution in [-0.4, -0.2) is 55.1 Å². The molecule has 1 aromatic heterocycles. The number of thioether (sulfide) groups is 1. The van der Waals surface area contributed by atoms with E-state index >= 15 is 0 Å². The van der Waals surface area contributed by atoms with Crippen molar-refractivity contribution < 1.29 is 10.2 Å². The van der Waals surface area contributed by atoms with Crippen LogP contribution < -0.4 is 0 Å². The van der Waals surface area contributed by atoms with E-state index in [-0.39, 0.29) is 11.5 Å². The maximum atomic E-state index is 12.4. The van der Waals surface area contributed by atoms with Crippen LogP contribution in [0, 0.1) is 0 Å². The molecule has 3 aromatic rings. The number of nitrogens with zero attached hydrogens (tertiary/aromatic N) is 3. The molecule has 7 rings (SSSR count). The second kappa shape index (κ2) is 6.40. The lowest BCUT2D eigenvalue weighted by atomic mass is 9.49. The van der Waals surface area contributed by atoms with Gasteiger partial charge in [-0.15, -0.1) is 0 Å². The standard InChI is InChI=1S/C26H27N3O2S/c1-28-10-9-25-13-21-22(32-24-27-20(15-29(21)24)16-5-3-2-4-6-16)14-26(25,31)23(28)11-17-7-8-18(30)12-19(17)25/h2-8,12,15,21-23,30-31H,9-11,13-14H2,1H3/t21?,22?,23-,25-,26-/m1/s1. The minimum Gasteiger partial charge on any atom is -0.508 e. The van der Waals surface area contributed by atoms with Gasteiger partial charge in [-0.3, -0.25) is 0 Å². The molecule has 6 heteroatoms. The van der Waals surface area contributed by atoms with E-state index in [0.29, 0.717) is 17.0 Å². The van der Waals surface area contributed by atoms with E-state index in [9.17, 15) is 10.2 Å². The first kappa shape index (κ1) is 19.2. The molecule has 0 amide bonds. The van der Waals surface area contributed by atoms with Gasteiger partial charge in [0, 0.05) is 34.5 Å². The number of imidazole rings is 1. The molecule has 2 N–H and O–H groups in total. The lowest BCUT2D eigenvalue weighted by Gasteiger charge is -2.65. The predicted octanol–water partition coefficient (Wildman–Crippen LogP) is 3.99. The predicted molar refractivity (Wildman–Crippen MR) is 125 cm³/mol. The highest BCUT2D eigenvalue weighted by Gasteiger charge is 2.67. The smallest absolute Gasteiger partial charge is 0.169 e. The average molecular weight is 446 g/mol. The number of aromatic hydroxyl groups is 1. The Labute approximate surface area is 192 Å². The van der Waals surface area contributed by atoms with Crippen LogP contribution in [0.2, 0.25) is 0 Å². The summed E-state index contributed by atoms with van der Waals surface area (Å²) in [5.74, 6) is 0.301. The van der Waals surface area contributed by atoms with Crippen molar-refractivity contribution in [3.63, 3.8) is 0 Å². The van der Waals surface area contributed by atoms with Crippen LogP contribution in [-0.2, 0) is 11.8 Å². The largest absolute Gasteiger partial charge is 0.508 e. The second-order valence-corrected chi connectivity index (χ2v) is 11.3. The third kappa shape index (κ3) is 2.35. The summed E-state index contributed by atoms with van der Waals surface area (Å²) in [5.41, 5.74) is 3.49. The number of hydrogen-bond acceptors (Lipinski definition) is 5. The van der Waals surface area contributed by atoms with E-state index in [2.05, 4.69) is 53.0 Å². The molecule has 2 aliphatic carbocycles. The second-order valence-electron chi connectivity index (χ2n) is 10.1. The highest BCUT2D eigenvalue weighted by atomic mass is 32.2. The van der Waals surface area contributed by atoms with Crippen LogP contribution in [0.3, 0.4) is 0 Å². The molecule has 1 saturated carbocycles. The van der Waals surface area contributed by atoms with Crippen molar-refractivity contribution >= 4 is 11.8 Å². The third-order valence-corrected chi connectivity index (χ3v) is 10.0. The SMILES string of the molecule is CN1CC[C@]23CC4C(C[C@@]2(O)[C@H]1Cc1ccc(O)cc13)Sc1nc(-c2ccccc2)cn14. The van der Waals surface area contributed by atoms with Gasteiger partial charge in [0.15, 0.2) is 5.16 Å². The molecule has 0 spiro atoms. The van der Waals surface area contributed by atoms with Crippen molar-refractivity contribution in [1.82, 2.24) is 14.5 Å². The van der Waals surface area contributed by atoms with E-state index in [0.717, 1.165) is 48.6 Å². The monoisotopic (exact) mass is 445 g/mol. The summed E-state index contributed by atoms with van der Waals surface area (Å²) in [5, 5.41) is 24.2. The average Bonchev–Trinajstić information content (AvgIpc) is 3.33. The third-order valence-electron chi connectivity index (χ3n) is 8.71. The Kier molecular flexibility index (Phi) is 3.84. The van der Waals surface area contributed by atoms with Crippen LogP contribution in [0.15, 0.2) is 59.9 Å². The Morgan fingerprint density at radius 2 is 1.97 bits per heavy atom. The summed E-state index contributed by atoms with van der Waals surface area (Å²) in [6.07, 6.45) is 5.61. The zero-order valence-electron chi connectivity index (χ0n) is 18.1. The van der Waals surface area contributed by atoms with E-state index in [4.69, 9.17) is 4.98 Å². The number of hydrogen-bond donors (Lipinski definition) is 2. The maximum absolute atomic E-state index is 12.4. The van der Waals surface area contributed by atoms with Crippen LogP contribution in [0.4, 0.5) is 0 Å². The van der Waals surface area contributed by atoms with Crippen molar-refractivity contribution in [3.8, 4) is 17.0 Å². The van der Waals surface area contributed by atoms with Gasteiger partial charge in [0.1, 0.15) is 5.75 Å². The number of aliphatic hydroxyl groups is 1. The number of likely N-dealkylation sites (tertiary alicyclic amines) is 1. The van der Waals surface area contributed by atoms with Gasteiger partial charge in [-0.2, -0.15) is 0 Å². The fourth-order valence-corrected chi connectivity index (χ4v) is 8.60. The Balaban J connectivity index is 1.35. The number of rotatable bonds is 1. The molecular weight excluding hydrogens is 418 g/mol. The van der Waals surface area contributed by atoms with Gasteiger partial charge in [0.25, 0.3) is 0 Å². The van der Waals surface area contributed by atoms with Crippen LogP contribution in [0.1, 0.15) is 36.4 Å². The van der Waals surface area contributed by atoms with Crippen molar-refractivity contribution in [2.45, 2.75) is 59.2 Å². The molecule has 2 bridgehead atoms. The van der Waals surface area contributed by atoms with Crippen LogP contribution in [0.25, 0.3) is 11.3 Å². The minimum atomic E-state index is -0.790. The summed E-state index contributed by atoms with van der Waals surface area (Å²) in [7, 11) is 2.16. The molecule has 2 fully saturated rings. The summed E-state index contributed by atoms with van der Waals surface area (Å²) < 4.78 is 2.37. The molecule has 2 aliphatic heterocycles. The summed E-state index contributed by atoms with van der Waals surface area (Å²) in [4.78, 5) is 7.34. The normalized spacial score (nSPS) is 35.0. The first-order valence-corrected chi connectivity index (χ1v) is 12.4. The van der Waals surface area contributed by atoms with E-state index < -0.39 is 5.60 Å². The lowest BCUT2D eigenvalue weighted by Crippen LogP contribution is -2.73. The van der Waals surface area contributed by atoms with Gasteiger partial charge < -0.3 is 19.7 Å². The van der Waals surface area contributed by atoms with Crippen molar-refractivity contribution in [2.24, 2.45) is 0 Å². The molecule has 2 aromatic carbocycles. The van der Waals surface area contributed by atoms with Crippen LogP contribution >= 0.6 is 11.8 Å². The van der Waals surface area contributed by atoms with Gasteiger partial charge in [-0.25, -0.2) is 4.98 Å².